The Kier molecular flexibility index (Phi) is 3.34. The van der Waals surface area contributed by atoms with E-state index < -0.39 is 0 Å². The molecule has 92 valence electrons. The van der Waals surface area contributed by atoms with Crippen molar-refractivity contribution in [2.24, 2.45) is 0 Å². The van der Waals surface area contributed by atoms with Gasteiger partial charge < -0.3 is 4.42 Å². The number of ketones is 1. The van der Waals surface area contributed by atoms with Gasteiger partial charge in [0.2, 0.25) is 5.89 Å². The van der Waals surface area contributed by atoms with Crippen LogP contribution in [0.25, 0.3) is 11.5 Å². The molecular weight excluding hydrogens is 253 g/mol. The first kappa shape index (κ1) is 12.6. The molecule has 0 saturated carbocycles. The highest BCUT2D eigenvalue weighted by Crippen LogP contribution is 2.21. The number of carbonyl (C=O) groups excluding carboxylic acids is 1. The maximum atomic E-state index is 12.8. The van der Waals surface area contributed by atoms with E-state index in [1.54, 1.807) is 19.1 Å². The lowest BCUT2D eigenvalue weighted by Gasteiger charge is -2.05. The zero-order valence-electron chi connectivity index (χ0n) is 9.86. The molecule has 0 fully saturated rings. The molecule has 0 spiro atoms. The summed E-state index contributed by atoms with van der Waals surface area (Å²) < 4.78 is 18.5. The van der Waals surface area contributed by atoms with Crippen LogP contribution in [0.15, 0.2) is 28.7 Å². The second-order valence-electron chi connectivity index (χ2n) is 3.82. The summed E-state index contributed by atoms with van der Waals surface area (Å²) in [4.78, 5) is 15.4. The van der Waals surface area contributed by atoms with Gasteiger partial charge >= 0.3 is 0 Å². The third kappa shape index (κ3) is 2.36. The number of nitrogens with zero attached hydrogens (tertiary/aromatic N) is 1. The normalized spacial score (nSPS) is 10.4. The Bertz CT molecular complexity index is 662. The first-order chi connectivity index (χ1) is 8.49. The van der Waals surface area contributed by atoms with Crippen LogP contribution in [0, 0.1) is 17.4 Å². The van der Waals surface area contributed by atoms with Gasteiger partial charge in [0, 0.05) is 5.56 Å². The van der Waals surface area contributed by atoms with Gasteiger partial charge in [0.05, 0.1) is 5.56 Å². The molecule has 0 amide bonds. The molecule has 3 nitrogen and oxygen atoms in total. The average molecular weight is 263 g/mol. The number of benzene rings is 1. The number of hydrogen-bond acceptors (Lipinski definition) is 4. The van der Waals surface area contributed by atoms with E-state index in [1.807, 2.05) is 0 Å². The summed E-state index contributed by atoms with van der Waals surface area (Å²) in [5, 5.41) is 0. The van der Waals surface area contributed by atoms with Gasteiger partial charge in [0.1, 0.15) is 16.2 Å². The fourth-order valence-corrected chi connectivity index (χ4v) is 2.00. The third-order valence-electron chi connectivity index (χ3n) is 2.46. The third-order valence-corrected chi connectivity index (χ3v) is 2.76. The lowest BCUT2D eigenvalue weighted by atomic mass is 10.2. The summed E-state index contributed by atoms with van der Waals surface area (Å²) in [6.45, 7) is 3.06. The number of hydrogen-bond donors (Lipinski definition) is 0. The lowest BCUT2D eigenvalue weighted by molar-refractivity contribution is 0.101. The predicted molar refractivity (Wildman–Crippen MR) is 67.5 cm³/mol. The number of Topliss-reactive ketones (excluding diaryl/α,β-unsaturated/α-hetero) is 1. The van der Waals surface area contributed by atoms with E-state index in [1.165, 1.54) is 19.1 Å². The summed E-state index contributed by atoms with van der Waals surface area (Å²) in [5.74, 6) is 0.179. The fourth-order valence-electron chi connectivity index (χ4n) is 1.63. The summed E-state index contributed by atoms with van der Waals surface area (Å²) in [7, 11) is 0. The van der Waals surface area contributed by atoms with Gasteiger partial charge in [-0.2, -0.15) is 0 Å². The van der Waals surface area contributed by atoms with Crippen LogP contribution in [0.4, 0.5) is 4.39 Å². The van der Waals surface area contributed by atoms with E-state index >= 15 is 0 Å². The highest BCUT2D eigenvalue weighted by Gasteiger charge is 2.13. The van der Waals surface area contributed by atoms with Gasteiger partial charge in [0.15, 0.2) is 5.78 Å². The molecule has 0 radical (unpaired) electrons. The Labute approximate surface area is 108 Å². The van der Waals surface area contributed by atoms with Crippen molar-refractivity contribution in [3.63, 3.8) is 0 Å². The zero-order valence-corrected chi connectivity index (χ0v) is 10.7. The van der Waals surface area contributed by atoms with Crippen molar-refractivity contribution in [2.45, 2.75) is 13.8 Å². The maximum absolute atomic E-state index is 12.8. The van der Waals surface area contributed by atoms with Crippen molar-refractivity contribution >= 4 is 18.0 Å². The molecule has 0 bridgehead atoms. The van der Waals surface area contributed by atoms with Gasteiger partial charge in [-0.3, -0.25) is 4.79 Å². The minimum absolute atomic E-state index is 0.181. The van der Waals surface area contributed by atoms with Crippen LogP contribution in [-0.2, 0) is 0 Å². The number of carbonyl (C=O) groups is 1. The SMILES string of the molecule is CC(=O)c1c(C)oc(-c2ccc(F)cc2)nc1=S. The first-order valence-corrected chi connectivity index (χ1v) is 5.68. The van der Waals surface area contributed by atoms with Gasteiger partial charge in [-0.15, -0.1) is 0 Å². The van der Waals surface area contributed by atoms with Crippen molar-refractivity contribution in [1.29, 1.82) is 0 Å². The Balaban J connectivity index is 2.58. The van der Waals surface area contributed by atoms with Gasteiger partial charge in [-0.25, -0.2) is 9.37 Å². The van der Waals surface area contributed by atoms with Crippen molar-refractivity contribution in [3.05, 3.63) is 46.0 Å². The molecule has 1 heterocycles. The van der Waals surface area contributed by atoms with Crippen molar-refractivity contribution < 1.29 is 13.6 Å². The van der Waals surface area contributed by atoms with Crippen LogP contribution in [0.3, 0.4) is 0 Å². The second-order valence-corrected chi connectivity index (χ2v) is 4.21. The van der Waals surface area contributed by atoms with Crippen molar-refractivity contribution in [1.82, 2.24) is 4.98 Å². The van der Waals surface area contributed by atoms with Gasteiger partial charge in [0.25, 0.3) is 0 Å². The Morgan fingerprint density at radius 3 is 2.44 bits per heavy atom. The van der Waals surface area contributed by atoms with Gasteiger partial charge in [-0.1, -0.05) is 12.2 Å². The molecule has 18 heavy (non-hydrogen) atoms. The fraction of sp³-hybridized carbons (Fsp3) is 0.154. The molecule has 0 unspecified atom stereocenters. The molecule has 0 N–H and O–H groups in total. The molecule has 0 atom stereocenters. The summed E-state index contributed by atoms with van der Waals surface area (Å²) in [5.41, 5.74) is 0.927. The van der Waals surface area contributed by atoms with Crippen LogP contribution in [0.1, 0.15) is 23.0 Å². The molecule has 0 aliphatic heterocycles. The van der Waals surface area contributed by atoms with Crippen LogP contribution >= 0.6 is 12.2 Å². The smallest absolute Gasteiger partial charge is 0.227 e. The molecule has 5 heteroatoms. The molecule has 2 aromatic rings. The van der Waals surface area contributed by atoms with E-state index in [9.17, 15) is 9.18 Å². The summed E-state index contributed by atoms with van der Waals surface area (Å²) in [6, 6.07) is 5.71. The highest BCUT2D eigenvalue weighted by atomic mass is 32.1. The number of aromatic nitrogens is 1. The monoisotopic (exact) mass is 263 g/mol. The molecule has 0 saturated heterocycles. The van der Waals surface area contributed by atoms with Crippen LogP contribution in [0.5, 0.6) is 0 Å². The molecular formula is C13H10FNO2S. The first-order valence-electron chi connectivity index (χ1n) is 5.27. The molecule has 1 aromatic carbocycles. The number of aryl methyl sites for hydroxylation is 1. The summed E-state index contributed by atoms with van der Waals surface area (Å²) in [6.07, 6.45) is 0. The minimum atomic E-state index is -0.338. The van der Waals surface area contributed by atoms with Crippen LogP contribution < -0.4 is 0 Å². The number of rotatable bonds is 2. The lowest BCUT2D eigenvalue weighted by Crippen LogP contribution is -2.00. The Morgan fingerprint density at radius 1 is 1.33 bits per heavy atom. The maximum Gasteiger partial charge on any atom is 0.227 e. The standard InChI is InChI=1S/C13H10FNO2S/c1-7(16)11-8(2)17-12(15-13(11)18)9-3-5-10(14)6-4-9/h3-6H,1-2H3. The van der Waals surface area contributed by atoms with Crippen LogP contribution in [0.2, 0.25) is 0 Å². The van der Waals surface area contributed by atoms with E-state index in [0.717, 1.165) is 0 Å². The largest absolute Gasteiger partial charge is 0.442 e. The predicted octanol–water partition coefficient (Wildman–Crippen LogP) is 3.72. The molecule has 1 aromatic heterocycles. The van der Waals surface area contributed by atoms with Gasteiger partial charge in [-0.05, 0) is 38.1 Å². The van der Waals surface area contributed by atoms with E-state index in [-0.39, 0.29) is 22.1 Å². The Hall–Kier alpha value is -1.88. The molecule has 0 aliphatic carbocycles. The quantitative estimate of drug-likeness (QED) is 0.611. The summed E-state index contributed by atoms with van der Waals surface area (Å²) >= 11 is 5.06. The number of halogens is 1. The average Bonchev–Trinajstić information content (AvgIpc) is 2.28. The van der Waals surface area contributed by atoms with E-state index in [0.29, 0.717) is 16.9 Å². The van der Waals surface area contributed by atoms with Crippen molar-refractivity contribution in [2.75, 3.05) is 0 Å². The zero-order chi connectivity index (χ0) is 13.3. The molecule has 0 aliphatic rings. The van der Waals surface area contributed by atoms with E-state index in [4.69, 9.17) is 16.6 Å². The minimum Gasteiger partial charge on any atom is -0.442 e. The Morgan fingerprint density at radius 2 is 1.94 bits per heavy atom. The van der Waals surface area contributed by atoms with Crippen molar-refractivity contribution in [3.8, 4) is 11.5 Å². The molecule has 2 rings (SSSR count). The van der Waals surface area contributed by atoms with E-state index in [2.05, 4.69) is 4.98 Å². The van der Waals surface area contributed by atoms with Crippen LogP contribution in [-0.4, -0.2) is 10.8 Å². The second kappa shape index (κ2) is 4.78. The topological polar surface area (TPSA) is 43.1 Å². The highest BCUT2D eigenvalue weighted by molar-refractivity contribution is 7.71.